The van der Waals surface area contributed by atoms with Crippen LogP contribution in [0.4, 0.5) is 0 Å². The molecule has 2 heteroatoms. The molecule has 3 unspecified atom stereocenters. The Morgan fingerprint density at radius 2 is 1.95 bits per heavy atom. The smallest absolute Gasteiger partial charge is 0.127 e. The van der Waals surface area contributed by atoms with Gasteiger partial charge in [-0.3, -0.25) is 0 Å². The highest BCUT2D eigenvalue weighted by Crippen LogP contribution is 2.55. The third-order valence-electron chi connectivity index (χ3n) is 5.62. The molecule has 2 nitrogen and oxygen atoms in total. The summed E-state index contributed by atoms with van der Waals surface area (Å²) in [6.45, 7) is 20.6. The molecule has 0 spiro atoms. The lowest BCUT2D eigenvalue weighted by molar-refractivity contribution is 0.225. The summed E-state index contributed by atoms with van der Waals surface area (Å²) in [6.07, 6.45) is 5.44. The molecule has 0 amide bonds. The standard InChI is InChI=1S/C19H30N2/c1-9-14(4)18(6,7)17-12-16(17)11-10-15(5)19(8,21-20)13(2)3/h9,11,14,16-17,20H,1-2,12H2,3-8H3/t10?,14?,16?,17-,19?/m0/s1. The van der Waals surface area contributed by atoms with E-state index < -0.39 is 5.54 Å². The van der Waals surface area contributed by atoms with Crippen LogP contribution in [0.25, 0.3) is 0 Å². The highest BCUT2D eigenvalue weighted by Gasteiger charge is 2.47. The maximum absolute atomic E-state index is 7.42. The van der Waals surface area contributed by atoms with Crippen LogP contribution in [-0.2, 0) is 0 Å². The molecule has 0 aromatic heterocycles. The van der Waals surface area contributed by atoms with Gasteiger partial charge in [0.2, 0.25) is 0 Å². The number of nitrogens with one attached hydrogen (secondary N) is 1. The maximum Gasteiger partial charge on any atom is 0.127 e. The Morgan fingerprint density at radius 3 is 2.38 bits per heavy atom. The topological polar surface area (TPSA) is 36.2 Å². The molecule has 0 bridgehead atoms. The van der Waals surface area contributed by atoms with Crippen molar-refractivity contribution >= 4 is 0 Å². The summed E-state index contributed by atoms with van der Waals surface area (Å²) in [5, 5.41) is 3.74. The van der Waals surface area contributed by atoms with E-state index in [-0.39, 0.29) is 5.41 Å². The quantitative estimate of drug-likeness (QED) is 0.342. The van der Waals surface area contributed by atoms with E-state index in [9.17, 15) is 0 Å². The lowest BCUT2D eigenvalue weighted by atomic mass is 9.75. The van der Waals surface area contributed by atoms with Gasteiger partial charge in [-0.25, -0.2) is 5.53 Å². The van der Waals surface area contributed by atoms with Crippen molar-refractivity contribution < 1.29 is 0 Å². The zero-order chi connectivity index (χ0) is 16.4. The fraction of sp³-hybridized carbons (Fsp3) is 0.632. The Labute approximate surface area is 130 Å². The van der Waals surface area contributed by atoms with Gasteiger partial charge < -0.3 is 0 Å². The summed E-state index contributed by atoms with van der Waals surface area (Å²) in [5.74, 6) is 1.78. The van der Waals surface area contributed by atoms with E-state index in [1.165, 1.54) is 6.42 Å². The summed E-state index contributed by atoms with van der Waals surface area (Å²) in [5.41, 5.74) is 12.3. The number of hydrogen-bond donors (Lipinski definition) is 1. The lowest BCUT2D eigenvalue weighted by Gasteiger charge is -2.30. The van der Waals surface area contributed by atoms with Gasteiger partial charge in [-0.15, -0.1) is 12.3 Å². The molecule has 1 N–H and O–H groups in total. The first-order valence-electron chi connectivity index (χ1n) is 7.72. The van der Waals surface area contributed by atoms with Crippen LogP contribution in [0.3, 0.4) is 0 Å². The van der Waals surface area contributed by atoms with Crippen molar-refractivity contribution in [3.05, 3.63) is 42.2 Å². The van der Waals surface area contributed by atoms with Gasteiger partial charge in [0.1, 0.15) is 5.54 Å². The highest BCUT2D eigenvalue weighted by atomic mass is 15.0. The fourth-order valence-electron chi connectivity index (χ4n) is 2.77. The lowest BCUT2D eigenvalue weighted by Crippen LogP contribution is -2.23. The molecule has 1 aliphatic carbocycles. The van der Waals surface area contributed by atoms with Crippen LogP contribution < -0.4 is 0 Å². The van der Waals surface area contributed by atoms with Gasteiger partial charge >= 0.3 is 0 Å². The molecule has 0 heterocycles. The average molecular weight is 286 g/mol. The van der Waals surface area contributed by atoms with Gasteiger partial charge in [0.15, 0.2) is 0 Å². The monoisotopic (exact) mass is 286 g/mol. The van der Waals surface area contributed by atoms with Crippen molar-refractivity contribution in [2.75, 3.05) is 0 Å². The third kappa shape index (κ3) is 3.44. The molecule has 21 heavy (non-hydrogen) atoms. The van der Waals surface area contributed by atoms with Crippen molar-refractivity contribution in [1.82, 2.24) is 0 Å². The molecule has 116 valence electrons. The van der Waals surface area contributed by atoms with E-state index in [0.29, 0.717) is 17.8 Å². The predicted molar refractivity (Wildman–Crippen MR) is 90.4 cm³/mol. The molecule has 1 saturated carbocycles. The van der Waals surface area contributed by atoms with Crippen molar-refractivity contribution in [3.8, 4) is 0 Å². The minimum Gasteiger partial charge on any atom is -0.209 e. The van der Waals surface area contributed by atoms with Crippen molar-refractivity contribution in [1.29, 1.82) is 5.53 Å². The fourth-order valence-corrected chi connectivity index (χ4v) is 2.77. The second-order valence-electron chi connectivity index (χ2n) is 7.25. The van der Waals surface area contributed by atoms with E-state index in [2.05, 4.69) is 56.9 Å². The normalized spacial score (nSPS) is 25.0. The highest BCUT2D eigenvalue weighted by molar-refractivity contribution is 5.30. The third-order valence-corrected chi connectivity index (χ3v) is 5.62. The van der Waals surface area contributed by atoms with Gasteiger partial charge in [-0.05, 0) is 62.0 Å². The maximum atomic E-state index is 7.42. The Balaban J connectivity index is 2.89. The molecular weight excluding hydrogens is 256 g/mol. The summed E-state index contributed by atoms with van der Waals surface area (Å²) in [7, 11) is 0. The largest absolute Gasteiger partial charge is 0.209 e. The molecule has 1 fully saturated rings. The van der Waals surface area contributed by atoms with Gasteiger partial charge in [0.25, 0.3) is 0 Å². The summed E-state index contributed by atoms with van der Waals surface area (Å²) in [4.78, 5) is 0. The van der Waals surface area contributed by atoms with E-state index in [1.807, 2.05) is 20.8 Å². The Kier molecular flexibility index (Phi) is 5.17. The van der Waals surface area contributed by atoms with Crippen LogP contribution in [0.1, 0.15) is 48.0 Å². The molecule has 1 rings (SSSR count). The van der Waals surface area contributed by atoms with Crippen LogP contribution >= 0.6 is 0 Å². The second kappa shape index (κ2) is 6.15. The van der Waals surface area contributed by atoms with Crippen molar-refractivity contribution in [2.24, 2.45) is 28.3 Å². The average Bonchev–Trinajstić information content (AvgIpc) is 3.22. The molecule has 1 aliphatic rings. The van der Waals surface area contributed by atoms with E-state index in [0.717, 1.165) is 11.1 Å². The van der Waals surface area contributed by atoms with E-state index in [4.69, 9.17) is 5.53 Å². The Bertz CT molecular complexity index is 506. The number of rotatable bonds is 7. The molecule has 0 saturated heterocycles. The molecule has 0 radical (unpaired) electrons. The van der Waals surface area contributed by atoms with Gasteiger partial charge in [-0.2, -0.15) is 5.11 Å². The van der Waals surface area contributed by atoms with Crippen LogP contribution in [-0.4, -0.2) is 5.54 Å². The first-order chi connectivity index (χ1) is 9.61. The zero-order valence-electron chi connectivity index (χ0n) is 14.5. The molecule has 0 aliphatic heterocycles. The Morgan fingerprint density at radius 1 is 1.38 bits per heavy atom. The van der Waals surface area contributed by atoms with E-state index >= 15 is 0 Å². The molecule has 4 atom stereocenters. The first kappa shape index (κ1) is 17.7. The summed E-state index contributed by atoms with van der Waals surface area (Å²) < 4.78 is 0. The minimum absolute atomic E-state index is 0.274. The Hall–Kier alpha value is -1.40. The molecular formula is C19H30N2. The molecule has 0 aromatic rings. The van der Waals surface area contributed by atoms with Crippen LogP contribution in [0.2, 0.25) is 0 Å². The van der Waals surface area contributed by atoms with Gasteiger partial charge in [-0.1, -0.05) is 33.4 Å². The van der Waals surface area contributed by atoms with E-state index in [1.54, 1.807) is 0 Å². The van der Waals surface area contributed by atoms with Crippen molar-refractivity contribution in [2.45, 2.75) is 53.5 Å². The number of nitrogens with zero attached hydrogens (tertiary/aromatic N) is 1. The summed E-state index contributed by atoms with van der Waals surface area (Å²) in [6, 6.07) is 0. The van der Waals surface area contributed by atoms with Gasteiger partial charge in [0, 0.05) is 5.57 Å². The van der Waals surface area contributed by atoms with Crippen molar-refractivity contribution in [3.63, 3.8) is 0 Å². The van der Waals surface area contributed by atoms with Crippen LogP contribution in [0, 0.1) is 28.7 Å². The number of allylic oxidation sites excluding steroid dienone is 1. The SMILES string of the molecule is C=CC(C)C(C)(C)[C@H]1CC1C=C=C(C)C(C)(N=N)C(=C)C. The zero-order valence-corrected chi connectivity index (χ0v) is 14.5. The van der Waals surface area contributed by atoms with Gasteiger partial charge in [0.05, 0.1) is 0 Å². The van der Waals surface area contributed by atoms with Crippen LogP contribution in [0.15, 0.2) is 47.3 Å². The van der Waals surface area contributed by atoms with Crippen LogP contribution in [0.5, 0.6) is 0 Å². The molecule has 0 aromatic carbocycles. The predicted octanol–water partition coefficient (Wildman–Crippen LogP) is 5.94. The first-order valence-corrected chi connectivity index (χ1v) is 7.72. The summed E-state index contributed by atoms with van der Waals surface area (Å²) >= 11 is 0. The minimum atomic E-state index is -0.620. The second-order valence-corrected chi connectivity index (χ2v) is 7.25. The number of hydrogen-bond acceptors (Lipinski definition) is 2.